The first-order valence-corrected chi connectivity index (χ1v) is 7.74. The average molecular weight is 367 g/mol. The van der Waals surface area contributed by atoms with E-state index in [1.54, 1.807) is 6.92 Å². The van der Waals surface area contributed by atoms with Gasteiger partial charge in [-0.3, -0.25) is 0 Å². The van der Waals surface area contributed by atoms with E-state index in [2.05, 4.69) is 26.6 Å². The second-order valence-corrected chi connectivity index (χ2v) is 6.95. The van der Waals surface area contributed by atoms with Gasteiger partial charge in [0, 0.05) is 10.2 Å². The molecule has 1 aromatic carbocycles. The Hall–Kier alpha value is -1.82. The van der Waals surface area contributed by atoms with Gasteiger partial charge in [0.2, 0.25) is 0 Å². The highest BCUT2D eigenvalue weighted by Crippen LogP contribution is 2.32. The third kappa shape index (κ3) is 3.68. The molecule has 1 aliphatic heterocycles. The number of halogens is 1. The summed E-state index contributed by atoms with van der Waals surface area (Å²) in [5, 5.41) is 5.41. The molecule has 0 saturated carbocycles. The molecular formula is C16H19BrN2O3. The first-order valence-electron chi connectivity index (χ1n) is 6.95. The Kier molecular flexibility index (Phi) is 4.60. The van der Waals surface area contributed by atoms with Gasteiger partial charge in [0.25, 0.3) is 0 Å². The molecule has 0 bridgehead atoms. The van der Waals surface area contributed by atoms with E-state index in [4.69, 9.17) is 4.74 Å². The highest BCUT2D eigenvalue weighted by molar-refractivity contribution is 9.10. The molecule has 1 aliphatic rings. The van der Waals surface area contributed by atoms with Gasteiger partial charge >= 0.3 is 12.0 Å². The Morgan fingerprint density at radius 2 is 1.91 bits per heavy atom. The summed E-state index contributed by atoms with van der Waals surface area (Å²) in [6.07, 6.45) is 0. The number of esters is 1. The Morgan fingerprint density at radius 1 is 1.27 bits per heavy atom. The number of carbonyl (C=O) groups excluding carboxylic acids is 2. The number of carbonyl (C=O) groups is 2. The van der Waals surface area contributed by atoms with E-state index >= 15 is 0 Å². The van der Waals surface area contributed by atoms with Crippen LogP contribution in [0.4, 0.5) is 4.79 Å². The number of amides is 2. The zero-order valence-corrected chi connectivity index (χ0v) is 14.6. The Morgan fingerprint density at radius 3 is 2.50 bits per heavy atom. The molecule has 1 aromatic rings. The standard InChI is InChI=1S/C16H19BrN2O3/c1-9-12(14(20)22-16(2,3)4)13(19-15(21)18-9)10-7-5-6-8-11(10)17/h5-8,13H,1-4H3,(H2,18,19,21)/t13-/m1/s1. The number of benzene rings is 1. The van der Waals surface area contributed by atoms with Crippen LogP contribution in [0.25, 0.3) is 0 Å². The van der Waals surface area contributed by atoms with Crippen LogP contribution >= 0.6 is 15.9 Å². The van der Waals surface area contributed by atoms with E-state index in [9.17, 15) is 9.59 Å². The minimum absolute atomic E-state index is 0.342. The Bertz CT molecular complexity index is 647. The first-order chi connectivity index (χ1) is 10.2. The molecule has 2 amide bonds. The van der Waals surface area contributed by atoms with Crippen LogP contribution in [0.2, 0.25) is 0 Å². The summed E-state index contributed by atoms with van der Waals surface area (Å²) in [5.74, 6) is -0.446. The summed E-state index contributed by atoms with van der Waals surface area (Å²) < 4.78 is 6.29. The van der Waals surface area contributed by atoms with Crippen LogP contribution in [0.3, 0.4) is 0 Å². The van der Waals surface area contributed by atoms with E-state index in [0.717, 1.165) is 10.0 Å². The molecule has 0 aromatic heterocycles. The molecule has 0 spiro atoms. The van der Waals surface area contributed by atoms with Gasteiger partial charge in [0.15, 0.2) is 0 Å². The number of rotatable bonds is 2. The highest BCUT2D eigenvalue weighted by atomic mass is 79.9. The van der Waals surface area contributed by atoms with Crippen LogP contribution in [-0.4, -0.2) is 17.6 Å². The number of hydrogen-bond donors (Lipinski definition) is 2. The third-order valence-corrected chi connectivity index (χ3v) is 3.83. The van der Waals surface area contributed by atoms with E-state index in [0.29, 0.717) is 11.3 Å². The lowest BCUT2D eigenvalue weighted by Gasteiger charge is -2.30. The number of ether oxygens (including phenoxy) is 1. The summed E-state index contributed by atoms with van der Waals surface area (Å²) >= 11 is 3.46. The fourth-order valence-electron chi connectivity index (χ4n) is 2.24. The Balaban J connectivity index is 2.46. The number of hydrogen-bond acceptors (Lipinski definition) is 3. The van der Waals surface area contributed by atoms with Crippen molar-refractivity contribution in [2.45, 2.75) is 39.3 Å². The number of urea groups is 1. The fourth-order valence-corrected chi connectivity index (χ4v) is 2.75. The lowest BCUT2D eigenvalue weighted by molar-refractivity contribution is -0.150. The smallest absolute Gasteiger partial charge is 0.338 e. The second-order valence-electron chi connectivity index (χ2n) is 6.09. The van der Waals surface area contributed by atoms with Gasteiger partial charge in [-0.25, -0.2) is 9.59 Å². The molecule has 0 fully saturated rings. The lowest BCUT2D eigenvalue weighted by atomic mass is 9.95. The molecule has 1 atom stereocenters. The van der Waals surface area contributed by atoms with Gasteiger partial charge in [-0.15, -0.1) is 0 Å². The van der Waals surface area contributed by atoms with Crippen molar-refractivity contribution in [1.29, 1.82) is 0 Å². The van der Waals surface area contributed by atoms with Gasteiger partial charge in [-0.1, -0.05) is 34.1 Å². The normalized spacial score (nSPS) is 18.6. The SMILES string of the molecule is CC1=C(C(=O)OC(C)(C)C)[C@@H](c2ccccc2Br)NC(=O)N1. The quantitative estimate of drug-likeness (QED) is 0.788. The molecule has 0 aliphatic carbocycles. The lowest BCUT2D eigenvalue weighted by Crippen LogP contribution is -2.46. The summed E-state index contributed by atoms with van der Waals surface area (Å²) in [5.41, 5.74) is 1.10. The van der Waals surface area contributed by atoms with Gasteiger partial charge in [-0.05, 0) is 39.3 Å². The second kappa shape index (κ2) is 6.12. The maximum absolute atomic E-state index is 12.5. The molecule has 5 nitrogen and oxygen atoms in total. The van der Waals surface area contributed by atoms with Crippen LogP contribution in [-0.2, 0) is 9.53 Å². The predicted octanol–water partition coefficient (Wildman–Crippen LogP) is 3.42. The number of allylic oxidation sites excluding steroid dienone is 1. The zero-order chi connectivity index (χ0) is 16.5. The molecule has 0 unspecified atom stereocenters. The minimum Gasteiger partial charge on any atom is -0.456 e. The average Bonchev–Trinajstić information content (AvgIpc) is 2.35. The molecule has 118 valence electrons. The molecule has 2 rings (SSSR count). The summed E-state index contributed by atoms with van der Waals surface area (Å²) in [4.78, 5) is 24.3. The van der Waals surface area contributed by atoms with Crippen molar-refractivity contribution in [3.63, 3.8) is 0 Å². The van der Waals surface area contributed by atoms with Gasteiger partial charge < -0.3 is 15.4 Å². The van der Waals surface area contributed by atoms with Gasteiger partial charge in [-0.2, -0.15) is 0 Å². The maximum Gasteiger partial charge on any atom is 0.338 e. The van der Waals surface area contributed by atoms with Crippen LogP contribution in [0, 0.1) is 0 Å². The molecular weight excluding hydrogens is 348 g/mol. The van der Waals surface area contributed by atoms with Crippen LogP contribution in [0.15, 0.2) is 40.0 Å². The van der Waals surface area contributed by atoms with Crippen molar-refractivity contribution in [2.24, 2.45) is 0 Å². The van der Waals surface area contributed by atoms with E-state index in [1.165, 1.54) is 0 Å². The van der Waals surface area contributed by atoms with Crippen LogP contribution in [0.1, 0.15) is 39.3 Å². The fraction of sp³-hybridized carbons (Fsp3) is 0.375. The molecule has 22 heavy (non-hydrogen) atoms. The highest BCUT2D eigenvalue weighted by Gasteiger charge is 2.34. The van der Waals surface area contributed by atoms with E-state index in [-0.39, 0.29) is 6.03 Å². The third-order valence-electron chi connectivity index (χ3n) is 3.10. The largest absolute Gasteiger partial charge is 0.456 e. The monoisotopic (exact) mass is 366 g/mol. The molecule has 0 saturated heterocycles. The first kappa shape index (κ1) is 16.5. The molecule has 2 N–H and O–H groups in total. The van der Waals surface area contributed by atoms with E-state index in [1.807, 2.05) is 45.0 Å². The summed E-state index contributed by atoms with van der Waals surface area (Å²) in [7, 11) is 0. The van der Waals surface area contributed by atoms with Crippen molar-refractivity contribution in [2.75, 3.05) is 0 Å². The molecule has 6 heteroatoms. The van der Waals surface area contributed by atoms with Crippen molar-refractivity contribution < 1.29 is 14.3 Å². The van der Waals surface area contributed by atoms with Crippen molar-refractivity contribution in [3.05, 3.63) is 45.6 Å². The Labute approximate surface area is 138 Å². The topological polar surface area (TPSA) is 67.4 Å². The summed E-state index contributed by atoms with van der Waals surface area (Å²) in [6.45, 7) is 7.12. The van der Waals surface area contributed by atoms with E-state index < -0.39 is 17.6 Å². The predicted molar refractivity (Wildman–Crippen MR) is 87.1 cm³/mol. The van der Waals surface area contributed by atoms with Crippen molar-refractivity contribution >= 4 is 27.9 Å². The van der Waals surface area contributed by atoms with Crippen LogP contribution < -0.4 is 10.6 Å². The molecule has 0 radical (unpaired) electrons. The maximum atomic E-state index is 12.5. The zero-order valence-electron chi connectivity index (χ0n) is 13.0. The molecule has 1 heterocycles. The van der Waals surface area contributed by atoms with Gasteiger partial charge in [0.1, 0.15) is 5.60 Å². The summed E-state index contributed by atoms with van der Waals surface area (Å²) in [6, 6.07) is 6.56. The number of nitrogens with one attached hydrogen (secondary N) is 2. The van der Waals surface area contributed by atoms with Crippen molar-refractivity contribution in [3.8, 4) is 0 Å². The van der Waals surface area contributed by atoms with Crippen LogP contribution in [0.5, 0.6) is 0 Å². The van der Waals surface area contributed by atoms with Crippen molar-refractivity contribution in [1.82, 2.24) is 10.6 Å². The minimum atomic E-state index is -0.607. The van der Waals surface area contributed by atoms with Gasteiger partial charge in [0.05, 0.1) is 11.6 Å².